The molecule has 0 bridgehead atoms. The fourth-order valence-corrected chi connectivity index (χ4v) is 4.15. The Morgan fingerprint density at radius 2 is 1.09 bits per heavy atom. The summed E-state index contributed by atoms with van der Waals surface area (Å²) in [5.74, 6) is 1.47. The van der Waals surface area contributed by atoms with Crippen molar-refractivity contribution >= 4 is 11.6 Å². The van der Waals surface area contributed by atoms with E-state index >= 15 is 0 Å². The molecule has 0 aliphatic rings. The molecule has 33 heavy (non-hydrogen) atoms. The van der Waals surface area contributed by atoms with Gasteiger partial charge in [-0.3, -0.25) is 9.59 Å². The third-order valence-electron chi connectivity index (χ3n) is 5.93. The van der Waals surface area contributed by atoms with Crippen molar-refractivity contribution in [1.29, 1.82) is 0 Å². The summed E-state index contributed by atoms with van der Waals surface area (Å²) in [6.07, 6.45) is 7.16. The topological polar surface area (TPSA) is 127 Å². The van der Waals surface area contributed by atoms with E-state index in [-0.39, 0.29) is 34.2 Å². The SMILES string of the molecule is CC(C)(CCCC(=O)CCCC(=O)CCCC(C)(C)Cc1cc(O)no1)Cc1cc(O)no1. The Morgan fingerprint density at radius 1 is 0.727 bits per heavy atom. The van der Waals surface area contributed by atoms with Gasteiger partial charge in [0.2, 0.25) is 0 Å². The minimum Gasteiger partial charge on any atom is -0.491 e. The molecular formula is C25H38N2O6. The van der Waals surface area contributed by atoms with Gasteiger partial charge in [-0.25, -0.2) is 0 Å². The van der Waals surface area contributed by atoms with Crippen LogP contribution in [0.5, 0.6) is 11.8 Å². The standard InChI is InChI=1S/C25H38N2O6/c1-24(2,16-20-14-22(30)26-32-20)12-6-10-18(28)8-5-9-19(29)11-7-13-25(3,4)17-21-15-23(31)27-33-21/h14-15H,5-13,16-17H2,1-4H3,(H,26,30)(H,27,31). The van der Waals surface area contributed by atoms with Crippen molar-refractivity contribution in [1.82, 2.24) is 10.3 Å². The van der Waals surface area contributed by atoms with E-state index in [4.69, 9.17) is 9.05 Å². The minimum absolute atomic E-state index is 0.0518. The molecule has 184 valence electrons. The summed E-state index contributed by atoms with van der Waals surface area (Å²) < 4.78 is 10.1. The van der Waals surface area contributed by atoms with Crippen LogP contribution in [0, 0.1) is 10.8 Å². The Hall–Kier alpha value is -2.64. The first kappa shape index (κ1) is 26.6. The molecule has 0 unspecified atom stereocenters. The lowest BCUT2D eigenvalue weighted by Gasteiger charge is -2.22. The van der Waals surface area contributed by atoms with Crippen molar-refractivity contribution in [3.8, 4) is 11.8 Å². The maximum Gasteiger partial charge on any atom is 0.251 e. The van der Waals surface area contributed by atoms with Gasteiger partial charge in [0, 0.05) is 50.7 Å². The summed E-state index contributed by atoms with van der Waals surface area (Å²) in [4.78, 5) is 24.4. The van der Waals surface area contributed by atoms with Gasteiger partial charge >= 0.3 is 0 Å². The van der Waals surface area contributed by atoms with Gasteiger partial charge in [-0.2, -0.15) is 0 Å². The predicted octanol–water partition coefficient (Wildman–Crippen LogP) is 5.56. The van der Waals surface area contributed by atoms with E-state index in [0.29, 0.717) is 56.5 Å². The number of Topliss-reactive ketones (excluding diaryl/α,β-unsaturated/α-hetero) is 2. The average molecular weight is 463 g/mol. The molecule has 0 saturated carbocycles. The Morgan fingerprint density at radius 3 is 1.42 bits per heavy atom. The number of hydrogen-bond donors (Lipinski definition) is 2. The molecule has 0 atom stereocenters. The smallest absolute Gasteiger partial charge is 0.251 e. The van der Waals surface area contributed by atoms with Crippen LogP contribution in [0.15, 0.2) is 21.2 Å². The molecule has 2 rings (SSSR count). The quantitative estimate of drug-likeness (QED) is 0.332. The van der Waals surface area contributed by atoms with Crippen LogP contribution in [0.4, 0.5) is 0 Å². The molecule has 0 aliphatic carbocycles. The molecule has 0 aliphatic heterocycles. The van der Waals surface area contributed by atoms with Gasteiger partial charge < -0.3 is 19.3 Å². The molecule has 2 aromatic heterocycles. The van der Waals surface area contributed by atoms with Crippen molar-refractivity contribution in [2.24, 2.45) is 10.8 Å². The first-order chi connectivity index (χ1) is 15.4. The summed E-state index contributed by atoms with van der Waals surface area (Å²) in [6, 6.07) is 3.04. The molecule has 0 amide bonds. The first-order valence-electron chi connectivity index (χ1n) is 11.8. The summed E-state index contributed by atoms with van der Waals surface area (Å²) >= 11 is 0. The number of rotatable bonds is 16. The highest BCUT2D eigenvalue weighted by Gasteiger charge is 2.22. The van der Waals surface area contributed by atoms with Gasteiger partial charge in [0.15, 0.2) is 0 Å². The molecule has 2 N–H and O–H groups in total. The molecule has 0 aromatic carbocycles. The summed E-state index contributed by atoms with van der Waals surface area (Å²) in [5.41, 5.74) is -0.104. The second kappa shape index (κ2) is 12.0. The summed E-state index contributed by atoms with van der Waals surface area (Å²) in [6.45, 7) is 8.41. The van der Waals surface area contributed by atoms with E-state index in [1.165, 1.54) is 12.1 Å². The normalized spacial score (nSPS) is 12.2. The summed E-state index contributed by atoms with van der Waals surface area (Å²) in [5, 5.41) is 25.5. The van der Waals surface area contributed by atoms with Crippen LogP contribution in [0.25, 0.3) is 0 Å². The lowest BCUT2D eigenvalue weighted by molar-refractivity contribution is -0.120. The van der Waals surface area contributed by atoms with Crippen LogP contribution in [0.3, 0.4) is 0 Å². The lowest BCUT2D eigenvalue weighted by atomic mass is 9.82. The van der Waals surface area contributed by atoms with Crippen LogP contribution in [0.2, 0.25) is 0 Å². The molecule has 0 saturated heterocycles. The van der Waals surface area contributed by atoms with Gasteiger partial charge in [0.05, 0.1) is 0 Å². The maximum absolute atomic E-state index is 12.2. The maximum atomic E-state index is 12.2. The number of ketones is 2. The Labute approximate surface area is 195 Å². The molecule has 2 aromatic rings. The highest BCUT2D eigenvalue weighted by atomic mass is 16.5. The zero-order valence-corrected chi connectivity index (χ0v) is 20.4. The number of aromatic nitrogens is 2. The molecule has 0 spiro atoms. The first-order valence-corrected chi connectivity index (χ1v) is 11.8. The third kappa shape index (κ3) is 10.7. The van der Waals surface area contributed by atoms with Gasteiger partial charge in [-0.15, -0.1) is 0 Å². The van der Waals surface area contributed by atoms with Gasteiger partial charge in [0.25, 0.3) is 11.8 Å². The van der Waals surface area contributed by atoms with Crippen LogP contribution in [-0.4, -0.2) is 32.1 Å². The van der Waals surface area contributed by atoms with Crippen molar-refractivity contribution in [3.63, 3.8) is 0 Å². The Kier molecular flexibility index (Phi) is 9.68. The number of hydrogen-bond acceptors (Lipinski definition) is 8. The van der Waals surface area contributed by atoms with Gasteiger partial charge in [-0.1, -0.05) is 27.7 Å². The van der Waals surface area contributed by atoms with E-state index in [0.717, 1.165) is 25.7 Å². The van der Waals surface area contributed by atoms with Crippen molar-refractivity contribution in [2.45, 2.75) is 98.3 Å². The second-order valence-corrected chi connectivity index (χ2v) is 10.6. The Balaban J connectivity index is 1.54. The van der Waals surface area contributed by atoms with E-state index in [1.807, 2.05) is 0 Å². The van der Waals surface area contributed by atoms with Crippen LogP contribution < -0.4 is 0 Å². The van der Waals surface area contributed by atoms with E-state index in [9.17, 15) is 19.8 Å². The monoisotopic (exact) mass is 462 g/mol. The van der Waals surface area contributed by atoms with Crippen LogP contribution in [0.1, 0.15) is 97.0 Å². The summed E-state index contributed by atoms with van der Waals surface area (Å²) in [7, 11) is 0. The molecular weight excluding hydrogens is 424 g/mol. The zero-order valence-electron chi connectivity index (χ0n) is 20.4. The van der Waals surface area contributed by atoms with E-state index in [1.54, 1.807) is 0 Å². The number of aromatic hydroxyl groups is 2. The van der Waals surface area contributed by atoms with Gasteiger partial charge in [0.1, 0.15) is 23.1 Å². The average Bonchev–Trinajstić information content (AvgIpc) is 3.28. The fourth-order valence-electron chi connectivity index (χ4n) is 4.15. The van der Waals surface area contributed by atoms with E-state index < -0.39 is 0 Å². The van der Waals surface area contributed by atoms with Gasteiger partial charge in [-0.05, 0) is 53.2 Å². The Bertz CT molecular complexity index is 824. The fraction of sp³-hybridized carbons (Fsp3) is 0.680. The molecule has 8 heteroatoms. The van der Waals surface area contributed by atoms with E-state index in [2.05, 4.69) is 38.0 Å². The van der Waals surface area contributed by atoms with Crippen molar-refractivity contribution < 1.29 is 28.8 Å². The lowest BCUT2D eigenvalue weighted by Crippen LogP contribution is -2.15. The third-order valence-corrected chi connectivity index (χ3v) is 5.93. The highest BCUT2D eigenvalue weighted by Crippen LogP contribution is 2.30. The van der Waals surface area contributed by atoms with Crippen molar-refractivity contribution in [2.75, 3.05) is 0 Å². The highest BCUT2D eigenvalue weighted by molar-refractivity contribution is 5.81. The van der Waals surface area contributed by atoms with Crippen molar-refractivity contribution in [3.05, 3.63) is 23.7 Å². The molecule has 8 nitrogen and oxygen atoms in total. The second-order valence-electron chi connectivity index (χ2n) is 10.6. The molecule has 0 fully saturated rings. The minimum atomic E-state index is -0.109. The van der Waals surface area contributed by atoms with Crippen LogP contribution >= 0.6 is 0 Å². The number of nitrogens with zero attached hydrogens (tertiary/aromatic N) is 2. The number of carbonyl (C=O) groups excluding carboxylic acids is 2. The molecule has 2 heterocycles. The largest absolute Gasteiger partial charge is 0.491 e. The van der Waals surface area contributed by atoms with Crippen LogP contribution in [-0.2, 0) is 22.4 Å². The molecule has 0 radical (unpaired) electrons. The predicted molar refractivity (Wildman–Crippen MR) is 123 cm³/mol. The zero-order chi connectivity index (χ0) is 24.5. The number of carbonyl (C=O) groups is 2.